The fourth-order valence-electron chi connectivity index (χ4n) is 1.60. The van der Waals surface area contributed by atoms with Gasteiger partial charge in [0.15, 0.2) is 0 Å². The summed E-state index contributed by atoms with van der Waals surface area (Å²) >= 11 is 11.9. The van der Waals surface area contributed by atoms with Gasteiger partial charge in [-0.25, -0.2) is 4.98 Å². The minimum atomic E-state index is 0.507. The third-order valence-corrected chi connectivity index (χ3v) is 3.43. The molecule has 2 aromatic rings. The van der Waals surface area contributed by atoms with Gasteiger partial charge in [0.2, 0.25) is 5.95 Å². The number of hydrogen-bond acceptors (Lipinski definition) is 4. The Morgan fingerprint density at radius 2 is 2.00 bits per heavy atom. The van der Waals surface area contributed by atoms with Crippen LogP contribution in [0.4, 0.5) is 17.5 Å². The Labute approximate surface area is 128 Å². The quantitative estimate of drug-likeness (QED) is 0.843. The highest BCUT2D eigenvalue weighted by Gasteiger charge is 2.05. The van der Waals surface area contributed by atoms with E-state index in [0.717, 1.165) is 30.0 Å². The molecule has 6 heteroatoms. The predicted octanol–water partition coefficient (Wildman–Crippen LogP) is 4.66. The first-order valence-electron chi connectivity index (χ1n) is 6.39. The number of anilines is 3. The van der Waals surface area contributed by atoms with Gasteiger partial charge in [0.1, 0.15) is 5.82 Å². The number of halogens is 2. The van der Waals surface area contributed by atoms with E-state index in [-0.39, 0.29) is 0 Å². The number of aromatic nitrogens is 2. The van der Waals surface area contributed by atoms with E-state index in [4.69, 9.17) is 23.2 Å². The molecule has 0 saturated heterocycles. The van der Waals surface area contributed by atoms with Crippen molar-refractivity contribution in [1.29, 1.82) is 0 Å². The zero-order valence-corrected chi connectivity index (χ0v) is 12.9. The van der Waals surface area contributed by atoms with Gasteiger partial charge in [0.25, 0.3) is 0 Å². The molecule has 0 spiro atoms. The molecule has 0 aliphatic heterocycles. The average molecular weight is 311 g/mol. The van der Waals surface area contributed by atoms with E-state index in [1.165, 1.54) is 0 Å². The first-order chi connectivity index (χ1) is 9.60. The lowest BCUT2D eigenvalue weighted by atomic mass is 10.3. The van der Waals surface area contributed by atoms with Crippen LogP contribution in [0.15, 0.2) is 24.4 Å². The largest absolute Gasteiger partial charge is 0.354 e. The van der Waals surface area contributed by atoms with Crippen LogP contribution in [0.5, 0.6) is 0 Å². The van der Waals surface area contributed by atoms with Crippen LogP contribution < -0.4 is 10.6 Å². The topological polar surface area (TPSA) is 49.8 Å². The first kappa shape index (κ1) is 14.9. The van der Waals surface area contributed by atoms with Gasteiger partial charge in [-0.15, -0.1) is 0 Å². The number of benzene rings is 1. The molecule has 0 saturated carbocycles. The van der Waals surface area contributed by atoms with Crippen LogP contribution in [0.3, 0.4) is 0 Å². The lowest BCUT2D eigenvalue weighted by Crippen LogP contribution is -2.06. The molecule has 0 amide bonds. The molecule has 0 fully saturated rings. The normalized spacial score (nSPS) is 10.4. The van der Waals surface area contributed by atoms with Crippen LogP contribution >= 0.6 is 23.2 Å². The lowest BCUT2D eigenvalue weighted by Gasteiger charge is -2.11. The molecule has 1 aromatic carbocycles. The second kappa shape index (κ2) is 6.77. The Morgan fingerprint density at radius 3 is 2.70 bits per heavy atom. The maximum absolute atomic E-state index is 6.00. The highest BCUT2D eigenvalue weighted by Crippen LogP contribution is 2.27. The second-order valence-corrected chi connectivity index (χ2v) is 5.22. The van der Waals surface area contributed by atoms with Crippen LogP contribution in [0.1, 0.15) is 18.9 Å². The minimum absolute atomic E-state index is 0.507. The van der Waals surface area contributed by atoms with E-state index >= 15 is 0 Å². The summed E-state index contributed by atoms with van der Waals surface area (Å²) in [7, 11) is 0. The summed E-state index contributed by atoms with van der Waals surface area (Å²) in [5.41, 5.74) is 1.79. The third-order valence-electron chi connectivity index (χ3n) is 2.69. The molecule has 20 heavy (non-hydrogen) atoms. The molecule has 0 unspecified atom stereocenters. The van der Waals surface area contributed by atoms with E-state index < -0.39 is 0 Å². The molecular formula is C14H16Cl2N4. The van der Waals surface area contributed by atoms with Crippen LogP contribution in [-0.4, -0.2) is 16.5 Å². The second-order valence-electron chi connectivity index (χ2n) is 4.41. The van der Waals surface area contributed by atoms with Crippen molar-refractivity contribution < 1.29 is 0 Å². The van der Waals surface area contributed by atoms with E-state index in [1.54, 1.807) is 18.3 Å². The van der Waals surface area contributed by atoms with Gasteiger partial charge in [0.05, 0.1) is 10.0 Å². The maximum atomic E-state index is 6.00. The van der Waals surface area contributed by atoms with Gasteiger partial charge in [0, 0.05) is 24.0 Å². The van der Waals surface area contributed by atoms with Crippen molar-refractivity contribution in [3.05, 3.63) is 40.0 Å². The Hall–Kier alpha value is -1.52. The molecule has 4 nitrogen and oxygen atoms in total. The summed E-state index contributed by atoms with van der Waals surface area (Å²) in [6.07, 6.45) is 2.80. The summed E-state index contributed by atoms with van der Waals surface area (Å²) in [6.45, 7) is 4.88. The summed E-state index contributed by atoms with van der Waals surface area (Å²) in [6, 6.07) is 5.37. The lowest BCUT2D eigenvalue weighted by molar-refractivity contribution is 0.950. The predicted molar refractivity (Wildman–Crippen MR) is 85.3 cm³/mol. The van der Waals surface area contributed by atoms with Gasteiger partial charge in [-0.3, -0.25) is 0 Å². The van der Waals surface area contributed by atoms with Crippen LogP contribution in [0.25, 0.3) is 0 Å². The van der Waals surface area contributed by atoms with Gasteiger partial charge >= 0.3 is 0 Å². The Kier molecular flexibility index (Phi) is 5.04. The van der Waals surface area contributed by atoms with Gasteiger partial charge < -0.3 is 10.6 Å². The Balaban J connectivity index is 2.20. The molecule has 0 atom stereocenters. The van der Waals surface area contributed by atoms with Crippen molar-refractivity contribution in [2.45, 2.75) is 20.3 Å². The monoisotopic (exact) mass is 310 g/mol. The Morgan fingerprint density at radius 1 is 1.20 bits per heavy atom. The zero-order chi connectivity index (χ0) is 14.5. The van der Waals surface area contributed by atoms with E-state index in [0.29, 0.717) is 16.0 Å². The van der Waals surface area contributed by atoms with Crippen LogP contribution in [-0.2, 0) is 0 Å². The molecule has 0 bridgehead atoms. The van der Waals surface area contributed by atoms with E-state index in [1.807, 2.05) is 13.0 Å². The minimum Gasteiger partial charge on any atom is -0.354 e. The summed E-state index contributed by atoms with van der Waals surface area (Å²) in [5.74, 6) is 1.36. The fraction of sp³-hybridized carbons (Fsp3) is 0.286. The molecule has 1 aromatic heterocycles. The third kappa shape index (κ3) is 3.74. The molecular weight excluding hydrogens is 295 g/mol. The smallest absolute Gasteiger partial charge is 0.224 e. The van der Waals surface area contributed by atoms with Gasteiger partial charge in [-0.2, -0.15) is 4.98 Å². The van der Waals surface area contributed by atoms with E-state index in [9.17, 15) is 0 Å². The fourth-order valence-corrected chi connectivity index (χ4v) is 1.90. The van der Waals surface area contributed by atoms with Crippen molar-refractivity contribution in [2.24, 2.45) is 0 Å². The summed E-state index contributed by atoms with van der Waals surface area (Å²) in [5, 5.41) is 7.42. The van der Waals surface area contributed by atoms with Crippen molar-refractivity contribution in [1.82, 2.24) is 9.97 Å². The SMILES string of the molecule is CCCNc1ncc(C)c(Nc2ccc(Cl)c(Cl)c2)n1. The van der Waals surface area contributed by atoms with E-state index in [2.05, 4.69) is 27.5 Å². The molecule has 1 heterocycles. The number of aryl methyl sites for hydroxylation is 1. The molecule has 0 aliphatic rings. The number of nitrogens with zero attached hydrogens (tertiary/aromatic N) is 2. The van der Waals surface area contributed by atoms with Crippen molar-refractivity contribution >= 4 is 40.7 Å². The van der Waals surface area contributed by atoms with Crippen LogP contribution in [0.2, 0.25) is 10.0 Å². The number of nitrogens with one attached hydrogen (secondary N) is 2. The molecule has 0 aliphatic carbocycles. The standard InChI is InChI=1S/C14H16Cl2N4/c1-3-6-17-14-18-8-9(2)13(20-14)19-10-4-5-11(15)12(16)7-10/h4-5,7-8H,3,6H2,1-2H3,(H2,17,18,19,20). The van der Waals surface area contributed by atoms with Crippen molar-refractivity contribution in [3.8, 4) is 0 Å². The Bertz CT molecular complexity index is 602. The first-order valence-corrected chi connectivity index (χ1v) is 7.15. The van der Waals surface area contributed by atoms with Crippen molar-refractivity contribution in [3.63, 3.8) is 0 Å². The summed E-state index contributed by atoms with van der Waals surface area (Å²) < 4.78 is 0. The molecule has 2 rings (SSSR count). The molecule has 2 N–H and O–H groups in total. The van der Waals surface area contributed by atoms with Crippen molar-refractivity contribution in [2.75, 3.05) is 17.2 Å². The number of rotatable bonds is 5. The zero-order valence-electron chi connectivity index (χ0n) is 11.4. The maximum Gasteiger partial charge on any atom is 0.224 e. The highest BCUT2D eigenvalue weighted by atomic mass is 35.5. The summed E-state index contributed by atoms with van der Waals surface area (Å²) in [4.78, 5) is 8.69. The highest BCUT2D eigenvalue weighted by molar-refractivity contribution is 6.42. The molecule has 106 valence electrons. The number of hydrogen-bond donors (Lipinski definition) is 2. The molecule has 0 radical (unpaired) electrons. The van der Waals surface area contributed by atoms with Crippen LogP contribution in [0, 0.1) is 6.92 Å². The van der Waals surface area contributed by atoms with Gasteiger partial charge in [-0.05, 0) is 31.5 Å². The average Bonchev–Trinajstić information content (AvgIpc) is 2.44. The van der Waals surface area contributed by atoms with Gasteiger partial charge in [-0.1, -0.05) is 30.1 Å².